The van der Waals surface area contributed by atoms with Crippen LogP contribution in [0.15, 0.2) is 29.2 Å². The lowest BCUT2D eigenvalue weighted by atomic mass is 10.2. The van der Waals surface area contributed by atoms with Crippen LogP contribution in [0.1, 0.15) is 31.7 Å². The number of nitrogens with two attached hydrogens (primary N) is 1. The van der Waals surface area contributed by atoms with Crippen LogP contribution < -0.4 is 5.73 Å². The summed E-state index contributed by atoms with van der Waals surface area (Å²) >= 11 is 1.96. The Bertz CT molecular complexity index is 256. The molecule has 0 radical (unpaired) electrons. The molecule has 0 aliphatic carbocycles. The lowest BCUT2D eigenvalue weighted by molar-refractivity contribution is 0.778. The molecule has 0 aliphatic heterocycles. The third kappa shape index (κ3) is 5.24. The van der Waals surface area contributed by atoms with Gasteiger partial charge in [0.05, 0.1) is 0 Å². The van der Waals surface area contributed by atoms with Crippen molar-refractivity contribution in [2.45, 2.75) is 37.5 Å². The predicted octanol–water partition coefficient (Wildman–Crippen LogP) is 3.47. The highest BCUT2D eigenvalue weighted by atomic mass is 32.2. The molecule has 0 atom stereocenters. The van der Waals surface area contributed by atoms with E-state index in [9.17, 15) is 0 Å². The van der Waals surface area contributed by atoms with Crippen molar-refractivity contribution in [3.05, 3.63) is 29.8 Å². The Hall–Kier alpha value is -0.470. The van der Waals surface area contributed by atoms with Gasteiger partial charge in [0.15, 0.2) is 0 Å². The fourth-order valence-corrected chi connectivity index (χ4v) is 2.37. The van der Waals surface area contributed by atoms with Crippen molar-refractivity contribution in [3.63, 3.8) is 0 Å². The predicted molar refractivity (Wildman–Crippen MR) is 69.4 cm³/mol. The van der Waals surface area contributed by atoms with Gasteiger partial charge in [-0.2, -0.15) is 0 Å². The normalized spacial score (nSPS) is 10.5. The van der Waals surface area contributed by atoms with Crippen molar-refractivity contribution < 1.29 is 0 Å². The molecule has 0 saturated carbocycles. The number of hydrogen-bond acceptors (Lipinski definition) is 2. The summed E-state index contributed by atoms with van der Waals surface area (Å²) in [7, 11) is 0. The van der Waals surface area contributed by atoms with Crippen molar-refractivity contribution >= 4 is 11.8 Å². The lowest BCUT2D eigenvalue weighted by Crippen LogP contribution is -2.02. The van der Waals surface area contributed by atoms with E-state index >= 15 is 0 Å². The Balaban J connectivity index is 2.29. The highest BCUT2D eigenvalue weighted by Gasteiger charge is 1.95. The van der Waals surface area contributed by atoms with E-state index in [2.05, 4.69) is 31.2 Å². The zero-order chi connectivity index (χ0) is 10.9. The molecule has 1 rings (SSSR count). The number of thioether (sulfide) groups is 1. The molecule has 0 aromatic heterocycles. The standard InChI is InChI=1S/C13H21NS/c1-2-3-4-11-15-13-7-5-12(6-8-13)9-10-14/h5-8H,2-4,9-11,14H2,1H3. The van der Waals surface area contributed by atoms with E-state index in [4.69, 9.17) is 5.73 Å². The molecule has 0 spiro atoms. The molecule has 1 aromatic rings. The van der Waals surface area contributed by atoms with E-state index in [1.807, 2.05) is 11.8 Å². The molecule has 2 heteroatoms. The highest BCUT2D eigenvalue weighted by Crippen LogP contribution is 2.20. The van der Waals surface area contributed by atoms with Crippen LogP contribution in [0.4, 0.5) is 0 Å². The Morgan fingerprint density at radius 1 is 1.13 bits per heavy atom. The average molecular weight is 223 g/mol. The molecule has 2 N–H and O–H groups in total. The maximum atomic E-state index is 5.51. The minimum Gasteiger partial charge on any atom is -0.330 e. The van der Waals surface area contributed by atoms with Gasteiger partial charge in [-0.1, -0.05) is 31.9 Å². The van der Waals surface area contributed by atoms with Gasteiger partial charge in [0, 0.05) is 4.90 Å². The van der Waals surface area contributed by atoms with Gasteiger partial charge in [0.25, 0.3) is 0 Å². The topological polar surface area (TPSA) is 26.0 Å². The fraction of sp³-hybridized carbons (Fsp3) is 0.538. The smallest absolute Gasteiger partial charge is 0.00721 e. The molecule has 84 valence electrons. The Morgan fingerprint density at radius 2 is 1.87 bits per heavy atom. The van der Waals surface area contributed by atoms with E-state index in [0.717, 1.165) is 13.0 Å². The first-order chi connectivity index (χ1) is 7.36. The first-order valence-corrected chi connectivity index (χ1v) is 6.77. The summed E-state index contributed by atoms with van der Waals surface area (Å²) in [4.78, 5) is 1.38. The molecule has 15 heavy (non-hydrogen) atoms. The maximum absolute atomic E-state index is 5.51. The van der Waals surface area contributed by atoms with Crippen molar-refractivity contribution in [3.8, 4) is 0 Å². The number of unbranched alkanes of at least 4 members (excludes halogenated alkanes) is 2. The summed E-state index contributed by atoms with van der Waals surface area (Å²) in [6.07, 6.45) is 4.96. The fourth-order valence-electron chi connectivity index (χ4n) is 1.46. The largest absolute Gasteiger partial charge is 0.330 e. The van der Waals surface area contributed by atoms with Gasteiger partial charge < -0.3 is 5.73 Å². The van der Waals surface area contributed by atoms with Crippen molar-refractivity contribution in [1.29, 1.82) is 0 Å². The second-order valence-corrected chi connectivity index (χ2v) is 4.91. The number of rotatable bonds is 7. The molecule has 1 nitrogen and oxygen atoms in total. The summed E-state index contributed by atoms with van der Waals surface area (Å²) < 4.78 is 0. The van der Waals surface area contributed by atoms with Gasteiger partial charge in [0.1, 0.15) is 0 Å². The van der Waals surface area contributed by atoms with Crippen molar-refractivity contribution in [2.24, 2.45) is 5.73 Å². The van der Waals surface area contributed by atoms with Crippen molar-refractivity contribution in [2.75, 3.05) is 12.3 Å². The number of benzene rings is 1. The zero-order valence-electron chi connectivity index (χ0n) is 9.54. The maximum Gasteiger partial charge on any atom is 0.00721 e. The molecule has 1 aromatic carbocycles. The summed E-state index contributed by atoms with van der Waals surface area (Å²) in [5.74, 6) is 1.24. The second kappa shape index (κ2) is 7.77. The molecule has 0 aliphatic rings. The summed E-state index contributed by atoms with van der Waals surface area (Å²) in [6.45, 7) is 2.98. The van der Waals surface area contributed by atoms with E-state index < -0.39 is 0 Å². The monoisotopic (exact) mass is 223 g/mol. The van der Waals surface area contributed by atoms with E-state index in [0.29, 0.717) is 0 Å². The molecule has 0 unspecified atom stereocenters. The van der Waals surface area contributed by atoms with Crippen LogP contribution in [-0.4, -0.2) is 12.3 Å². The third-order valence-corrected chi connectivity index (χ3v) is 3.47. The molecule has 0 saturated heterocycles. The highest BCUT2D eigenvalue weighted by molar-refractivity contribution is 7.99. The molecular formula is C13H21NS. The van der Waals surface area contributed by atoms with Crippen LogP contribution in [0, 0.1) is 0 Å². The van der Waals surface area contributed by atoms with Crippen LogP contribution in [0.5, 0.6) is 0 Å². The Morgan fingerprint density at radius 3 is 2.47 bits per heavy atom. The van der Waals surface area contributed by atoms with Crippen LogP contribution in [0.3, 0.4) is 0 Å². The van der Waals surface area contributed by atoms with Gasteiger partial charge >= 0.3 is 0 Å². The van der Waals surface area contributed by atoms with Gasteiger partial charge in [-0.25, -0.2) is 0 Å². The van der Waals surface area contributed by atoms with Gasteiger partial charge in [-0.3, -0.25) is 0 Å². The first kappa shape index (κ1) is 12.6. The lowest BCUT2D eigenvalue weighted by Gasteiger charge is -2.03. The SMILES string of the molecule is CCCCCSc1ccc(CCN)cc1. The molecule has 0 fully saturated rings. The van der Waals surface area contributed by atoms with Gasteiger partial charge in [-0.15, -0.1) is 11.8 Å². The first-order valence-electron chi connectivity index (χ1n) is 5.78. The Labute approximate surface area is 97.4 Å². The summed E-state index contributed by atoms with van der Waals surface area (Å²) in [6, 6.07) is 8.80. The van der Waals surface area contributed by atoms with Gasteiger partial charge in [-0.05, 0) is 42.8 Å². The zero-order valence-corrected chi connectivity index (χ0v) is 10.4. The minimum absolute atomic E-state index is 0.739. The van der Waals surface area contributed by atoms with E-state index in [-0.39, 0.29) is 0 Å². The van der Waals surface area contributed by atoms with Crippen molar-refractivity contribution in [1.82, 2.24) is 0 Å². The third-order valence-electron chi connectivity index (χ3n) is 2.37. The molecule has 0 heterocycles. The van der Waals surface area contributed by atoms with Crippen LogP contribution >= 0.6 is 11.8 Å². The minimum atomic E-state index is 0.739. The Kier molecular flexibility index (Phi) is 6.53. The molecular weight excluding hydrogens is 202 g/mol. The van der Waals surface area contributed by atoms with E-state index in [1.165, 1.54) is 35.5 Å². The van der Waals surface area contributed by atoms with Gasteiger partial charge in [0.2, 0.25) is 0 Å². The van der Waals surface area contributed by atoms with Crippen LogP contribution in [-0.2, 0) is 6.42 Å². The molecule has 0 amide bonds. The number of hydrogen-bond donors (Lipinski definition) is 1. The summed E-state index contributed by atoms with van der Waals surface area (Å²) in [5.41, 5.74) is 6.85. The second-order valence-electron chi connectivity index (χ2n) is 3.74. The average Bonchev–Trinajstić information content (AvgIpc) is 2.27. The quantitative estimate of drug-likeness (QED) is 0.566. The molecule has 0 bridgehead atoms. The summed E-state index contributed by atoms with van der Waals surface area (Å²) in [5, 5.41) is 0. The van der Waals surface area contributed by atoms with Crippen LogP contribution in [0.25, 0.3) is 0 Å². The van der Waals surface area contributed by atoms with E-state index in [1.54, 1.807) is 0 Å². The van der Waals surface area contributed by atoms with Crippen LogP contribution in [0.2, 0.25) is 0 Å².